The van der Waals surface area contributed by atoms with Gasteiger partial charge in [-0.15, -0.1) is 0 Å². The lowest BCUT2D eigenvalue weighted by atomic mass is 9.95. The van der Waals surface area contributed by atoms with Crippen molar-refractivity contribution >= 4 is 29.1 Å². The van der Waals surface area contributed by atoms with Crippen LogP contribution in [0.4, 0.5) is 5.69 Å². The normalized spacial score (nSPS) is 15.1. The maximum Gasteiger partial charge on any atom is 0.338 e. The topological polar surface area (TPSA) is 122 Å². The summed E-state index contributed by atoms with van der Waals surface area (Å²) in [6.45, 7) is 10.00. The van der Waals surface area contributed by atoms with E-state index in [2.05, 4.69) is 18.8 Å². The van der Waals surface area contributed by atoms with E-state index in [0.29, 0.717) is 50.2 Å². The van der Waals surface area contributed by atoms with Crippen LogP contribution in [0.5, 0.6) is 11.5 Å². The Bertz CT molecular complexity index is 1670. The molecule has 41 heavy (non-hydrogen) atoms. The highest BCUT2D eigenvalue weighted by molar-refractivity contribution is 7.07. The Morgan fingerprint density at radius 1 is 1.15 bits per heavy atom. The summed E-state index contributed by atoms with van der Waals surface area (Å²) in [4.78, 5) is 42.8. The van der Waals surface area contributed by atoms with Crippen LogP contribution in [0.25, 0.3) is 6.08 Å². The molecule has 1 aliphatic heterocycles. The Balaban J connectivity index is 1.86. The van der Waals surface area contributed by atoms with Gasteiger partial charge in [-0.25, -0.2) is 9.79 Å². The molecule has 4 rings (SSSR count). The van der Waals surface area contributed by atoms with Gasteiger partial charge in [-0.1, -0.05) is 31.3 Å². The highest BCUT2D eigenvalue weighted by Crippen LogP contribution is 2.36. The van der Waals surface area contributed by atoms with Crippen molar-refractivity contribution in [2.45, 2.75) is 53.2 Å². The van der Waals surface area contributed by atoms with Gasteiger partial charge >= 0.3 is 5.97 Å². The van der Waals surface area contributed by atoms with Gasteiger partial charge in [-0.3, -0.25) is 19.5 Å². The largest absolute Gasteiger partial charge is 0.493 e. The number of benzene rings is 2. The lowest BCUT2D eigenvalue weighted by Crippen LogP contribution is -2.40. The molecule has 1 atom stereocenters. The Hall–Kier alpha value is -4.25. The number of thiazole rings is 1. The fourth-order valence-electron chi connectivity index (χ4n) is 4.40. The van der Waals surface area contributed by atoms with Crippen molar-refractivity contribution in [2.75, 3.05) is 13.7 Å². The highest BCUT2D eigenvalue weighted by Gasteiger charge is 2.34. The molecule has 2 heterocycles. The molecule has 0 fully saturated rings. The monoisotopic (exact) mass is 579 g/mol. The zero-order valence-electron chi connectivity index (χ0n) is 23.9. The van der Waals surface area contributed by atoms with Gasteiger partial charge in [-0.2, -0.15) is 0 Å². The molecular weight excluding hydrogens is 546 g/mol. The maximum atomic E-state index is 13.8. The predicted octanol–water partition coefficient (Wildman–Crippen LogP) is 4.53. The van der Waals surface area contributed by atoms with Crippen LogP contribution in [0.3, 0.4) is 0 Å². The number of allylic oxidation sites excluding steroid dienone is 1. The number of hydrogen-bond donors (Lipinski definition) is 0. The summed E-state index contributed by atoms with van der Waals surface area (Å²) in [7, 11) is 1.54. The number of esters is 1. The third-order valence-corrected chi connectivity index (χ3v) is 7.43. The molecule has 11 heteroatoms. The fourth-order valence-corrected chi connectivity index (χ4v) is 5.44. The summed E-state index contributed by atoms with van der Waals surface area (Å²) in [5.74, 6) is 0.960. The molecule has 0 N–H and O–H groups in total. The number of non-ortho nitro benzene ring substituents is 1. The van der Waals surface area contributed by atoms with E-state index in [1.54, 1.807) is 58.2 Å². The SMILES string of the molecule is COc1cc(C2C(C(=O)OC(C)C)=C(C)N=c3s/c(=C\c4ccc([N+](=O)[O-])cc4)c(=O)n32)ccc1OCCC(C)C. The molecule has 0 spiro atoms. The molecular formula is C30H33N3O7S. The number of nitro groups is 1. The van der Waals surface area contributed by atoms with E-state index in [4.69, 9.17) is 14.2 Å². The van der Waals surface area contributed by atoms with Crippen molar-refractivity contribution in [3.8, 4) is 11.5 Å². The van der Waals surface area contributed by atoms with Gasteiger partial charge < -0.3 is 14.2 Å². The Morgan fingerprint density at radius 3 is 2.46 bits per heavy atom. The van der Waals surface area contributed by atoms with Crippen LogP contribution in [0.15, 0.2) is 63.5 Å². The first-order valence-electron chi connectivity index (χ1n) is 13.3. The zero-order valence-corrected chi connectivity index (χ0v) is 24.7. The van der Waals surface area contributed by atoms with Crippen molar-refractivity contribution < 1.29 is 23.9 Å². The Labute approximate surface area is 241 Å². The molecule has 10 nitrogen and oxygen atoms in total. The average molecular weight is 580 g/mol. The number of carbonyl (C=O) groups is 1. The van der Waals surface area contributed by atoms with E-state index in [0.717, 1.165) is 6.42 Å². The van der Waals surface area contributed by atoms with Crippen LogP contribution < -0.4 is 24.4 Å². The summed E-state index contributed by atoms with van der Waals surface area (Å²) in [6.07, 6.45) is 2.16. The van der Waals surface area contributed by atoms with E-state index < -0.39 is 16.9 Å². The van der Waals surface area contributed by atoms with E-state index in [-0.39, 0.29) is 22.9 Å². The van der Waals surface area contributed by atoms with Crippen LogP contribution in [-0.4, -0.2) is 35.3 Å². The second-order valence-corrected chi connectivity index (χ2v) is 11.3. The van der Waals surface area contributed by atoms with Gasteiger partial charge in [0.15, 0.2) is 16.3 Å². The fraction of sp³-hybridized carbons (Fsp3) is 0.367. The van der Waals surface area contributed by atoms with Crippen molar-refractivity contribution in [3.05, 3.63) is 94.7 Å². The molecule has 1 aromatic heterocycles. The molecule has 216 valence electrons. The zero-order chi connectivity index (χ0) is 29.8. The number of ether oxygens (including phenoxy) is 3. The molecule has 0 saturated carbocycles. The number of hydrogen-bond acceptors (Lipinski definition) is 9. The minimum absolute atomic E-state index is 0.0434. The van der Waals surface area contributed by atoms with Crippen molar-refractivity contribution in [3.63, 3.8) is 0 Å². The van der Waals surface area contributed by atoms with Crippen LogP contribution >= 0.6 is 11.3 Å². The standard InChI is InChI=1S/C30H33N3O7S/c1-17(2)13-14-39-23-12-9-21(16-24(23)38-6)27-26(29(35)40-18(3)4)19(5)31-30-32(27)28(34)25(41-30)15-20-7-10-22(11-8-20)33(36)37/h7-12,15-18,27H,13-14H2,1-6H3/b25-15-. The second kappa shape index (κ2) is 12.5. The minimum atomic E-state index is -0.824. The van der Waals surface area contributed by atoms with Crippen LogP contribution in [0.2, 0.25) is 0 Å². The van der Waals surface area contributed by atoms with E-state index in [9.17, 15) is 19.7 Å². The average Bonchev–Trinajstić information content (AvgIpc) is 3.21. The second-order valence-electron chi connectivity index (χ2n) is 10.3. The van der Waals surface area contributed by atoms with E-state index in [1.165, 1.54) is 28.0 Å². The number of carbonyl (C=O) groups excluding carboxylic acids is 1. The van der Waals surface area contributed by atoms with Gasteiger partial charge in [0, 0.05) is 12.1 Å². The number of fused-ring (bicyclic) bond motifs is 1. The van der Waals surface area contributed by atoms with Crippen molar-refractivity contribution in [1.29, 1.82) is 0 Å². The van der Waals surface area contributed by atoms with E-state index in [1.807, 2.05) is 6.07 Å². The molecule has 1 unspecified atom stereocenters. The van der Waals surface area contributed by atoms with Gasteiger partial charge in [0.2, 0.25) is 0 Å². The minimum Gasteiger partial charge on any atom is -0.493 e. The van der Waals surface area contributed by atoms with Crippen LogP contribution in [0.1, 0.15) is 58.2 Å². The molecule has 2 aromatic carbocycles. The number of rotatable bonds is 10. The summed E-state index contributed by atoms with van der Waals surface area (Å²) < 4.78 is 19.0. The third-order valence-electron chi connectivity index (χ3n) is 6.44. The molecule has 0 aliphatic carbocycles. The Morgan fingerprint density at radius 2 is 1.85 bits per heavy atom. The first kappa shape index (κ1) is 29.7. The van der Waals surface area contributed by atoms with E-state index >= 15 is 0 Å². The Kier molecular flexibility index (Phi) is 9.07. The molecule has 0 bridgehead atoms. The number of methoxy groups -OCH3 is 1. The van der Waals surface area contributed by atoms with Gasteiger partial charge in [0.05, 0.1) is 46.6 Å². The van der Waals surface area contributed by atoms with Crippen molar-refractivity contribution in [1.82, 2.24) is 4.57 Å². The first-order chi connectivity index (χ1) is 19.5. The molecule has 1 aliphatic rings. The highest BCUT2D eigenvalue weighted by atomic mass is 32.1. The maximum absolute atomic E-state index is 13.8. The molecule has 0 saturated heterocycles. The van der Waals surface area contributed by atoms with Gasteiger partial charge in [0.1, 0.15) is 0 Å². The third kappa shape index (κ3) is 6.57. The molecule has 0 radical (unpaired) electrons. The number of nitro benzene ring substituents is 1. The summed E-state index contributed by atoms with van der Waals surface area (Å²) in [6, 6.07) is 10.5. The lowest BCUT2D eigenvalue weighted by molar-refractivity contribution is -0.384. The first-order valence-corrected chi connectivity index (χ1v) is 14.1. The number of aromatic nitrogens is 1. The number of nitrogens with zero attached hydrogens (tertiary/aromatic N) is 3. The summed E-state index contributed by atoms with van der Waals surface area (Å²) >= 11 is 1.18. The summed E-state index contributed by atoms with van der Waals surface area (Å²) in [5.41, 5.74) is 1.56. The molecule has 3 aromatic rings. The quantitative estimate of drug-likeness (QED) is 0.197. The van der Waals surface area contributed by atoms with Crippen LogP contribution in [-0.2, 0) is 9.53 Å². The predicted molar refractivity (Wildman–Crippen MR) is 156 cm³/mol. The van der Waals surface area contributed by atoms with Gasteiger partial charge in [0.25, 0.3) is 11.2 Å². The molecule has 0 amide bonds. The van der Waals surface area contributed by atoms with Crippen LogP contribution in [0, 0.1) is 16.0 Å². The lowest BCUT2D eigenvalue weighted by Gasteiger charge is -2.26. The summed E-state index contributed by atoms with van der Waals surface area (Å²) in [5, 5.41) is 11.0. The van der Waals surface area contributed by atoms with Gasteiger partial charge in [-0.05, 0) is 74.6 Å². The van der Waals surface area contributed by atoms with Crippen molar-refractivity contribution in [2.24, 2.45) is 10.9 Å². The smallest absolute Gasteiger partial charge is 0.338 e.